The minimum absolute atomic E-state index is 0.00972. The molecule has 7 nitrogen and oxygen atoms in total. The maximum absolute atomic E-state index is 12.7. The van der Waals surface area contributed by atoms with Crippen molar-refractivity contribution in [2.45, 2.75) is 26.2 Å². The molecule has 4 rings (SSSR count). The van der Waals surface area contributed by atoms with Gasteiger partial charge in [-0.3, -0.25) is 14.8 Å². The molecule has 3 aromatic rings. The van der Waals surface area contributed by atoms with E-state index in [0.717, 1.165) is 55.3 Å². The second-order valence-corrected chi connectivity index (χ2v) is 7.32. The topological polar surface area (TPSA) is 76.8 Å². The van der Waals surface area contributed by atoms with Crippen molar-refractivity contribution in [1.29, 1.82) is 0 Å². The zero-order valence-corrected chi connectivity index (χ0v) is 16.2. The predicted octanol–water partition coefficient (Wildman–Crippen LogP) is 2.68. The Morgan fingerprint density at radius 3 is 2.86 bits per heavy atom. The Balaban J connectivity index is 1.46. The lowest BCUT2D eigenvalue weighted by atomic mass is 9.93. The van der Waals surface area contributed by atoms with Gasteiger partial charge in [-0.25, -0.2) is 9.97 Å². The maximum atomic E-state index is 12.7. The number of piperidine rings is 1. The molecule has 1 saturated heterocycles. The third kappa shape index (κ3) is 3.78. The smallest absolute Gasteiger partial charge is 0.272 e. The molecule has 28 heavy (non-hydrogen) atoms. The number of aromatic nitrogens is 5. The summed E-state index contributed by atoms with van der Waals surface area (Å²) in [5.41, 5.74) is 3.25. The molecule has 0 bridgehead atoms. The van der Waals surface area contributed by atoms with Crippen LogP contribution in [-0.4, -0.2) is 48.4 Å². The third-order valence-corrected chi connectivity index (χ3v) is 5.36. The number of hydrogen-bond acceptors (Lipinski definition) is 5. The Labute approximate surface area is 164 Å². The van der Waals surface area contributed by atoms with Crippen LogP contribution >= 0.6 is 0 Å². The zero-order valence-electron chi connectivity index (χ0n) is 16.2. The van der Waals surface area contributed by atoms with Gasteiger partial charge in [0.1, 0.15) is 17.2 Å². The van der Waals surface area contributed by atoms with E-state index in [-0.39, 0.29) is 5.91 Å². The molecule has 1 amide bonds. The largest absolute Gasteiger partial charge is 0.337 e. The molecule has 1 aliphatic heterocycles. The van der Waals surface area contributed by atoms with Crippen LogP contribution < -0.4 is 0 Å². The molecule has 0 radical (unpaired) electrons. The molecule has 0 unspecified atom stereocenters. The Morgan fingerprint density at radius 1 is 1.21 bits per heavy atom. The minimum atomic E-state index is 0.00972. The predicted molar refractivity (Wildman–Crippen MR) is 106 cm³/mol. The molecule has 0 spiro atoms. The molecule has 0 aliphatic carbocycles. The fourth-order valence-corrected chi connectivity index (χ4v) is 3.73. The Hall–Kier alpha value is -3.09. The van der Waals surface area contributed by atoms with Gasteiger partial charge in [0.25, 0.3) is 5.91 Å². The summed E-state index contributed by atoms with van der Waals surface area (Å²) in [5, 5.41) is 0. The average molecular weight is 376 g/mol. The molecule has 0 saturated carbocycles. The van der Waals surface area contributed by atoms with Gasteiger partial charge in [0, 0.05) is 32.5 Å². The van der Waals surface area contributed by atoms with Crippen molar-refractivity contribution in [2.75, 3.05) is 13.1 Å². The molecule has 1 fully saturated rings. The second-order valence-electron chi connectivity index (χ2n) is 7.32. The van der Waals surface area contributed by atoms with Crippen LogP contribution in [-0.2, 0) is 13.5 Å². The molecule has 0 N–H and O–H groups in total. The van der Waals surface area contributed by atoms with Crippen LogP contribution in [0, 0.1) is 12.8 Å². The van der Waals surface area contributed by atoms with E-state index in [0.29, 0.717) is 11.6 Å². The van der Waals surface area contributed by atoms with E-state index < -0.39 is 0 Å². The summed E-state index contributed by atoms with van der Waals surface area (Å²) in [6.07, 6.45) is 9.99. The van der Waals surface area contributed by atoms with Crippen molar-refractivity contribution in [2.24, 2.45) is 13.0 Å². The number of pyridine rings is 1. The molecule has 144 valence electrons. The lowest BCUT2D eigenvalue weighted by Crippen LogP contribution is -2.40. The summed E-state index contributed by atoms with van der Waals surface area (Å²) in [4.78, 5) is 32.3. The van der Waals surface area contributed by atoms with Gasteiger partial charge in [-0.15, -0.1) is 0 Å². The highest BCUT2D eigenvalue weighted by atomic mass is 16.2. The van der Waals surface area contributed by atoms with Crippen LogP contribution in [0.2, 0.25) is 0 Å². The van der Waals surface area contributed by atoms with E-state index >= 15 is 0 Å². The molecule has 1 aliphatic rings. The van der Waals surface area contributed by atoms with Gasteiger partial charge < -0.3 is 9.47 Å². The van der Waals surface area contributed by atoms with Crippen LogP contribution in [0.4, 0.5) is 0 Å². The monoisotopic (exact) mass is 376 g/mol. The number of amides is 1. The highest BCUT2D eigenvalue weighted by Crippen LogP contribution is 2.23. The van der Waals surface area contributed by atoms with Gasteiger partial charge in [-0.05, 0) is 44.2 Å². The second kappa shape index (κ2) is 7.88. The van der Waals surface area contributed by atoms with Crippen LogP contribution in [0.3, 0.4) is 0 Å². The minimum Gasteiger partial charge on any atom is -0.337 e. The quantitative estimate of drug-likeness (QED) is 0.700. The van der Waals surface area contributed by atoms with Gasteiger partial charge in [0.05, 0.1) is 23.8 Å². The zero-order chi connectivity index (χ0) is 19.5. The summed E-state index contributed by atoms with van der Waals surface area (Å²) in [6, 6.07) is 5.45. The maximum Gasteiger partial charge on any atom is 0.272 e. The summed E-state index contributed by atoms with van der Waals surface area (Å²) in [5.74, 6) is 1.33. The van der Waals surface area contributed by atoms with Crippen molar-refractivity contribution in [3.05, 3.63) is 60.2 Å². The van der Waals surface area contributed by atoms with Crippen molar-refractivity contribution < 1.29 is 4.79 Å². The van der Waals surface area contributed by atoms with Crippen molar-refractivity contribution in [3.8, 4) is 11.4 Å². The average Bonchev–Trinajstić information content (AvgIpc) is 3.07. The molecular weight excluding hydrogens is 352 g/mol. The number of aryl methyl sites for hydroxylation is 1. The van der Waals surface area contributed by atoms with E-state index in [9.17, 15) is 4.79 Å². The SMILES string of the molecule is Cc1ncc(-c2cncc(C[C@@H]3CCCN(C(=O)c4ccccn4)C3)n2)n1C. The van der Waals surface area contributed by atoms with Crippen molar-refractivity contribution >= 4 is 5.91 Å². The molecule has 3 aromatic heterocycles. The highest BCUT2D eigenvalue weighted by molar-refractivity contribution is 5.92. The number of carbonyl (C=O) groups is 1. The van der Waals surface area contributed by atoms with Gasteiger partial charge in [-0.1, -0.05) is 6.07 Å². The van der Waals surface area contributed by atoms with E-state index in [4.69, 9.17) is 4.98 Å². The van der Waals surface area contributed by atoms with Gasteiger partial charge in [-0.2, -0.15) is 0 Å². The molecule has 7 heteroatoms. The summed E-state index contributed by atoms with van der Waals surface area (Å²) in [7, 11) is 1.98. The standard InChI is InChI=1S/C21H24N6O/c1-15-24-13-20(26(15)2)19-12-22-11-17(25-19)10-16-6-5-9-27(14-16)21(28)18-7-3-4-8-23-18/h3-4,7-8,11-13,16H,5-6,9-10,14H2,1-2H3/t16-/m0/s1. The first-order chi connectivity index (χ1) is 13.6. The fourth-order valence-electron chi connectivity index (χ4n) is 3.73. The van der Waals surface area contributed by atoms with E-state index in [2.05, 4.69) is 15.0 Å². The normalized spacial score (nSPS) is 16.9. The van der Waals surface area contributed by atoms with Crippen molar-refractivity contribution in [3.63, 3.8) is 0 Å². The number of imidazole rings is 1. The number of rotatable bonds is 4. The van der Waals surface area contributed by atoms with Crippen LogP contribution in [0.1, 0.15) is 34.8 Å². The first-order valence-corrected chi connectivity index (χ1v) is 9.61. The Morgan fingerprint density at radius 2 is 2.11 bits per heavy atom. The van der Waals surface area contributed by atoms with Crippen LogP contribution in [0.15, 0.2) is 43.0 Å². The van der Waals surface area contributed by atoms with Gasteiger partial charge in [0.15, 0.2) is 0 Å². The van der Waals surface area contributed by atoms with E-state index in [1.165, 1.54) is 0 Å². The number of hydrogen-bond donors (Lipinski definition) is 0. The fraction of sp³-hybridized carbons (Fsp3) is 0.381. The molecule has 1 atom stereocenters. The number of nitrogens with zero attached hydrogens (tertiary/aromatic N) is 6. The molecule has 0 aromatic carbocycles. The number of carbonyl (C=O) groups excluding carboxylic acids is 1. The lowest BCUT2D eigenvalue weighted by molar-refractivity contribution is 0.0667. The summed E-state index contributed by atoms with van der Waals surface area (Å²) in [6.45, 7) is 3.48. The van der Waals surface area contributed by atoms with E-state index in [1.807, 2.05) is 48.0 Å². The Bertz CT molecular complexity index is 968. The summed E-state index contributed by atoms with van der Waals surface area (Å²) < 4.78 is 2.02. The Kier molecular flexibility index (Phi) is 5.14. The first-order valence-electron chi connectivity index (χ1n) is 9.61. The van der Waals surface area contributed by atoms with Gasteiger partial charge in [0.2, 0.25) is 0 Å². The third-order valence-electron chi connectivity index (χ3n) is 5.36. The first kappa shape index (κ1) is 18.3. The van der Waals surface area contributed by atoms with Gasteiger partial charge >= 0.3 is 0 Å². The van der Waals surface area contributed by atoms with Crippen molar-refractivity contribution in [1.82, 2.24) is 29.4 Å². The molecule has 4 heterocycles. The van der Waals surface area contributed by atoms with E-state index in [1.54, 1.807) is 18.5 Å². The highest BCUT2D eigenvalue weighted by Gasteiger charge is 2.25. The lowest BCUT2D eigenvalue weighted by Gasteiger charge is -2.32. The van der Waals surface area contributed by atoms with Crippen LogP contribution in [0.5, 0.6) is 0 Å². The van der Waals surface area contributed by atoms with Crippen LogP contribution in [0.25, 0.3) is 11.4 Å². The molecular formula is C21H24N6O. The number of likely N-dealkylation sites (tertiary alicyclic amines) is 1. The summed E-state index contributed by atoms with van der Waals surface area (Å²) >= 11 is 0.